The van der Waals surface area contributed by atoms with Crippen molar-refractivity contribution in [2.45, 2.75) is 40.0 Å². The van der Waals surface area contributed by atoms with Gasteiger partial charge in [0.25, 0.3) is 0 Å². The van der Waals surface area contributed by atoms with Gasteiger partial charge in [0.05, 0.1) is 22.3 Å². The Balaban J connectivity index is 1.35. The molecule has 0 aliphatic heterocycles. The number of hydrogen-bond acceptors (Lipinski definition) is 3. The van der Waals surface area contributed by atoms with E-state index in [1.807, 2.05) is 30.5 Å². The predicted molar refractivity (Wildman–Crippen MR) is 216 cm³/mol. The minimum Gasteiger partial charge on any atom is -0.507 e. The third-order valence-corrected chi connectivity index (χ3v) is 9.81. The van der Waals surface area contributed by atoms with Crippen molar-refractivity contribution in [1.82, 2.24) is 14.5 Å². The van der Waals surface area contributed by atoms with Gasteiger partial charge in [-0.05, 0) is 113 Å². The van der Waals surface area contributed by atoms with Gasteiger partial charge in [0, 0.05) is 23.0 Å². The third kappa shape index (κ3) is 6.29. The van der Waals surface area contributed by atoms with Crippen LogP contribution in [0, 0.1) is 13.8 Å². The minimum atomic E-state index is -0.108. The fourth-order valence-electron chi connectivity index (χ4n) is 7.00. The number of phenolic OH excluding ortho intramolecular Hbond substituents is 1. The number of benzene rings is 6. The molecule has 1 N–H and O–H groups in total. The zero-order valence-electron chi connectivity index (χ0n) is 30.2. The molecule has 0 fully saturated rings. The molecule has 0 aliphatic carbocycles. The highest BCUT2D eigenvalue weighted by atomic mass is 16.3. The Bertz CT molecular complexity index is 2570. The summed E-state index contributed by atoms with van der Waals surface area (Å²) >= 11 is 0. The quantitative estimate of drug-likeness (QED) is 0.191. The number of phenols is 1. The maximum Gasteiger partial charge on any atom is 0.149 e. The number of imidazole rings is 1. The molecule has 0 saturated carbocycles. The van der Waals surface area contributed by atoms with E-state index in [9.17, 15) is 5.11 Å². The topological polar surface area (TPSA) is 50.9 Å². The number of hydrogen-bond donors (Lipinski definition) is 1. The normalized spacial score (nSPS) is 11.6. The fraction of sp³-hybridized carbons (Fsp3) is 0.125. The average molecular weight is 676 g/mol. The van der Waals surface area contributed by atoms with Gasteiger partial charge in [0.2, 0.25) is 0 Å². The van der Waals surface area contributed by atoms with E-state index in [2.05, 4.69) is 154 Å². The second-order valence-corrected chi connectivity index (χ2v) is 14.7. The summed E-state index contributed by atoms with van der Waals surface area (Å²) in [5.74, 6) is 0.873. The largest absolute Gasteiger partial charge is 0.507 e. The summed E-state index contributed by atoms with van der Waals surface area (Å²) in [5, 5.41) is 11.2. The number of aromatic hydroxyl groups is 1. The Morgan fingerprint density at radius 3 is 2.02 bits per heavy atom. The molecule has 254 valence electrons. The van der Waals surface area contributed by atoms with Crippen LogP contribution in [0.3, 0.4) is 0 Å². The number of para-hydroxylation sites is 2. The zero-order valence-corrected chi connectivity index (χ0v) is 30.2. The molecule has 8 rings (SSSR count). The smallest absolute Gasteiger partial charge is 0.149 e. The van der Waals surface area contributed by atoms with Crippen LogP contribution < -0.4 is 0 Å². The van der Waals surface area contributed by atoms with Gasteiger partial charge in [0.1, 0.15) is 11.6 Å². The van der Waals surface area contributed by atoms with Crippen LogP contribution >= 0.6 is 0 Å². The number of fused-ring (bicyclic) bond motifs is 1. The van der Waals surface area contributed by atoms with Crippen LogP contribution in [-0.4, -0.2) is 19.6 Å². The second-order valence-electron chi connectivity index (χ2n) is 14.7. The van der Waals surface area contributed by atoms with E-state index in [0.29, 0.717) is 11.4 Å². The summed E-state index contributed by atoms with van der Waals surface area (Å²) in [7, 11) is 0. The van der Waals surface area contributed by atoms with Gasteiger partial charge in [-0.15, -0.1) is 0 Å². The molecule has 0 spiro atoms. The van der Waals surface area contributed by atoms with Crippen molar-refractivity contribution in [3.05, 3.63) is 168 Å². The molecular formula is C48H41N3O. The Morgan fingerprint density at radius 2 is 1.25 bits per heavy atom. The fourth-order valence-corrected chi connectivity index (χ4v) is 7.00. The number of aromatic nitrogens is 3. The van der Waals surface area contributed by atoms with Crippen molar-refractivity contribution >= 4 is 11.0 Å². The minimum absolute atomic E-state index is 0.108. The van der Waals surface area contributed by atoms with Crippen LogP contribution in [0.25, 0.3) is 72.7 Å². The third-order valence-electron chi connectivity index (χ3n) is 9.81. The molecule has 0 aliphatic rings. The van der Waals surface area contributed by atoms with Crippen LogP contribution in [0.15, 0.2) is 152 Å². The number of aryl methyl sites for hydroxylation is 2. The van der Waals surface area contributed by atoms with E-state index in [1.165, 1.54) is 16.7 Å². The number of nitrogens with zero attached hydrogens (tertiary/aromatic N) is 3. The molecule has 0 saturated heterocycles. The first kappa shape index (κ1) is 32.9. The van der Waals surface area contributed by atoms with E-state index in [1.54, 1.807) is 6.07 Å². The maximum atomic E-state index is 11.2. The first-order valence-electron chi connectivity index (χ1n) is 17.8. The van der Waals surface area contributed by atoms with Gasteiger partial charge in [-0.2, -0.15) is 0 Å². The SMILES string of the molecule is Cc1ccc(-c2ccnc(-c3cc(-c4cccc5c4nc(-c4ccccc4O)n5-c4cc(C)cc(-c5ccccc5)c4)cc(C(C)(C)C)c3)c2)cc1. The molecular weight excluding hydrogens is 635 g/mol. The van der Waals surface area contributed by atoms with Crippen molar-refractivity contribution in [3.63, 3.8) is 0 Å². The van der Waals surface area contributed by atoms with E-state index >= 15 is 0 Å². The standard InChI is InChI=1S/C48H41N3O/c1-31-18-20-34(21-19-31)35-22-23-49-43(30-35)38-26-37(27-39(28-38)48(3,4)5)41-15-11-16-44-46(41)50-47(42-14-9-10-17-45(42)52)51(44)40-25-32(2)24-36(29-40)33-12-7-6-8-13-33/h6-30,52H,1-5H3. The maximum absolute atomic E-state index is 11.2. The lowest BCUT2D eigenvalue weighted by molar-refractivity contribution is 0.477. The molecule has 52 heavy (non-hydrogen) atoms. The second kappa shape index (κ2) is 13.1. The molecule has 8 aromatic rings. The summed E-state index contributed by atoms with van der Waals surface area (Å²) in [6, 6.07) is 50.6. The summed E-state index contributed by atoms with van der Waals surface area (Å²) in [6.45, 7) is 11.0. The van der Waals surface area contributed by atoms with E-state index < -0.39 is 0 Å². The van der Waals surface area contributed by atoms with Gasteiger partial charge in [-0.1, -0.05) is 117 Å². The highest BCUT2D eigenvalue weighted by Gasteiger charge is 2.22. The summed E-state index contributed by atoms with van der Waals surface area (Å²) < 4.78 is 2.19. The molecule has 0 bridgehead atoms. The van der Waals surface area contributed by atoms with Crippen LogP contribution in [0.5, 0.6) is 5.75 Å². The van der Waals surface area contributed by atoms with E-state index in [0.717, 1.165) is 61.4 Å². The molecule has 2 heterocycles. The first-order valence-corrected chi connectivity index (χ1v) is 17.8. The molecule has 0 unspecified atom stereocenters. The van der Waals surface area contributed by atoms with Crippen LogP contribution in [-0.2, 0) is 5.41 Å². The van der Waals surface area contributed by atoms with E-state index in [-0.39, 0.29) is 11.2 Å². The highest BCUT2D eigenvalue weighted by molar-refractivity contribution is 5.97. The van der Waals surface area contributed by atoms with Gasteiger partial charge in [0.15, 0.2) is 0 Å². The molecule has 0 radical (unpaired) electrons. The predicted octanol–water partition coefficient (Wildman–Crippen LogP) is 12.4. The number of pyridine rings is 1. The highest BCUT2D eigenvalue weighted by Crippen LogP contribution is 2.40. The van der Waals surface area contributed by atoms with Crippen molar-refractivity contribution in [3.8, 4) is 67.5 Å². The Morgan fingerprint density at radius 1 is 0.538 bits per heavy atom. The monoisotopic (exact) mass is 675 g/mol. The first-order chi connectivity index (χ1) is 25.1. The van der Waals surface area contributed by atoms with Crippen molar-refractivity contribution in [2.75, 3.05) is 0 Å². The molecule has 4 heteroatoms. The molecule has 4 nitrogen and oxygen atoms in total. The van der Waals surface area contributed by atoms with E-state index in [4.69, 9.17) is 9.97 Å². The Labute approximate surface area is 305 Å². The van der Waals surface area contributed by atoms with Gasteiger partial charge < -0.3 is 5.11 Å². The van der Waals surface area contributed by atoms with Crippen LogP contribution in [0.1, 0.15) is 37.5 Å². The van der Waals surface area contributed by atoms with Crippen molar-refractivity contribution in [2.24, 2.45) is 0 Å². The van der Waals surface area contributed by atoms with Crippen LogP contribution in [0.2, 0.25) is 0 Å². The lowest BCUT2D eigenvalue weighted by atomic mass is 9.83. The Kier molecular flexibility index (Phi) is 8.31. The van der Waals surface area contributed by atoms with Gasteiger partial charge >= 0.3 is 0 Å². The molecule has 0 amide bonds. The lowest BCUT2D eigenvalue weighted by Crippen LogP contribution is -2.11. The Hall–Kier alpha value is -6.26. The molecule has 0 atom stereocenters. The van der Waals surface area contributed by atoms with Crippen molar-refractivity contribution in [1.29, 1.82) is 0 Å². The summed E-state index contributed by atoms with van der Waals surface area (Å²) in [6.07, 6.45) is 1.90. The van der Waals surface area contributed by atoms with Crippen molar-refractivity contribution < 1.29 is 5.11 Å². The van der Waals surface area contributed by atoms with Gasteiger partial charge in [-0.3, -0.25) is 9.55 Å². The summed E-state index contributed by atoms with van der Waals surface area (Å²) in [5.41, 5.74) is 15.6. The van der Waals surface area contributed by atoms with Crippen LogP contribution in [0.4, 0.5) is 0 Å². The summed E-state index contributed by atoms with van der Waals surface area (Å²) in [4.78, 5) is 10.2. The van der Waals surface area contributed by atoms with Gasteiger partial charge in [-0.25, -0.2) is 4.98 Å². The molecule has 2 aromatic heterocycles. The average Bonchev–Trinajstić information content (AvgIpc) is 3.55. The number of rotatable bonds is 6. The lowest BCUT2D eigenvalue weighted by Gasteiger charge is -2.22. The molecule has 6 aromatic carbocycles. The zero-order chi connectivity index (χ0) is 36.0.